The molecule has 2 aromatic rings. The highest BCUT2D eigenvalue weighted by molar-refractivity contribution is 5.82. The van der Waals surface area contributed by atoms with E-state index in [1.807, 2.05) is 25.7 Å². The number of anilines is 3. The molecule has 0 aliphatic carbocycles. The molecule has 5 rings (SSSR count). The molecule has 3 saturated heterocycles. The fourth-order valence-electron chi connectivity index (χ4n) is 5.95. The number of aryl methyl sites for hydroxylation is 1. The first-order valence-electron chi connectivity index (χ1n) is 13.7. The van der Waals surface area contributed by atoms with E-state index in [1.165, 1.54) is 19.0 Å². The summed E-state index contributed by atoms with van der Waals surface area (Å²) in [6.45, 7) is 8.62. The second kappa shape index (κ2) is 10.9. The van der Waals surface area contributed by atoms with Gasteiger partial charge in [-0.1, -0.05) is 0 Å². The van der Waals surface area contributed by atoms with Crippen LogP contribution in [0.4, 0.5) is 17.5 Å². The Hall–Kier alpha value is -3.23. The number of carbonyl (C=O) groups is 1. The monoisotopic (exact) mass is 521 g/mol. The average Bonchev–Trinajstić information content (AvgIpc) is 3.28. The predicted octanol–water partition coefficient (Wildman–Crippen LogP) is 3.08. The molecule has 204 valence electrons. The Balaban J connectivity index is 1.20. The van der Waals surface area contributed by atoms with Crippen molar-refractivity contribution in [3.63, 3.8) is 0 Å². The third kappa shape index (κ3) is 5.47. The van der Waals surface area contributed by atoms with Crippen LogP contribution in [-0.2, 0) is 9.53 Å². The van der Waals surface area contributed by atoms with Gasteiger partial charge >= 0.3 is 0 Å². The van der Waals surface area contributed by atoms with Crippen LogP contribution in [0, 0.1) is 23.7 Å². The third-order valence-electron chi connectivity index (χ3n) is 8.25. The highest BCUT2D eigenvalue weighted by atomic mass is 16.5. The number of aromatic nitrogens is 4. The molecule has 0 radical (unpaired) electrons. The molecule has 2 unspecified atom stereocenters. The number of nitrogens with zero attached hydrogens (tertiary/aromatic N) is 7. The Kier molecular flexibility index (Phi) is 7.54. The fourth-order valence-corrected chi connectivity index (χ4v) is 5.95. The summed E-state index contributed by atoms with van der Waals surface area (Å²) < 4.78 is 7.70. The molecular weight excluding hydrogens is 482 g/mol. The van der Waals surface area contributed by atoms with E-state index in [1.54, 1.807) is 0 Å². The quantitative estimate of drug-likeness (QED) is 0.504. The van der Waals surface area contributed by atoms with Crippen molar-refractivity contribution in [1.82, 2.24) is 29.5 Å². The van der Waals surface area contributed by atoms with Gasteiger partial charge in [0.1, 0.15) is 17.5 Å². The molecule has 2 aromatic heterocycles. The van der Waals surface area contributed by atoms with Gasteiger partial charge in [0.25, 0.3) is 0 Å². The summed E-state index contributed by atoms with van der Waals surface area (Å²) in [6, 6.07) is 3.86. The van der Waals surface area contributed by atoms with Crippen LogP contribution in [0.3, 0.4) is 0 Å². The largest absolute Gasteiger partial charge is 0.379 e. The summed E-state index contributed by atoms with van der Waals surface area (Å²) in [4.78, 5) is 26.1. The lowest BCUT2D eigenvalue weighted by atomic mass is 9.93. The summed E-state index contributed by atoms with van der Waals surface area (Å²) in [5.74, 6) is 1.01. The second-order valence-electron chi connectivity index (χ2n) is 11.5. The van der Waals surface area contributed by atoms with Crippen LogP contribution < -0.4 is 10.6 Å². The molecule has 2 bridgehead atoms. The molecule has 38 heavy (non-hydrogen) atoms. The molecule has 0 saturated carbocycles. The summed E-state index contributed by atoms with van der Waals surface area (Å²) in [5, 5.41) is 20.9. The number of fused-ring (bicyclic) bond motifs is 2. The van der Waals surface area contributed by atoms with Crippen LogP contribution in [0.2, 0.25) is 0 Å². The molecular formula is C27H39N9O2. The van der Waals surface area contributed by atoms with Crippen LogP contribution in [0.25, 0.3) is 0 Å². The van der Waals surface area contributed by atoms with Gasteiger partial charge in [0.2, 0.25) is 11.9 Å². The number of rotatable bonds is 8. The lowest BCUT2D eigenvalue weighted by Gasteiger charge is -2.36. The topological polar surface area (TPSA) is 124 Å². The number of nitriles is 1. The Morgan fingerprint density at radius 2 is 2.00 bits per heavy atom. The van der Waals surface area contributed by atoms with Gasteiger partial charge in [-0.3, -0.25) is 9.48 Å². The zero-order chi connectivity index (χ0) is 26.9. The Bertz CT molecular complexity index is 1190. The van der Waals surface area contributed by atoms with Crippen molar-refractivity contribution in [3.8, 4) is 6.07 Å². The zero-order valence-corrected chi connectivity index (χ0v) is 22.9. The minimum atomic E-state index is -0.510. The molecule has 0 spiro atoms. The number of piperidine rings is 1. The van der Waals surface area contributed by atoms with Crippen molar-refractivity contribution >= 4 is 23.4 Å². The summed E-state index contributed by atoms with van der Waals surface area (Å²) >= 11 is 0. The first kappa shape index (κ1) is 26.4. The zero-order valence-electron chi connectivity index (χ0n) is 22.9. The van der Waals surface area contributed by atoms with Gasteiger partial charge in [-0.25, -0.2) is 4.98 Å². The molecule has 5 heterocycles. The highest BCUT2D eigenvalue weighted by Gasteiger charge is 2.39. The molecule has 2 N–H and O–H groups in total. The minimum Gasteiger partial charge on any atom is -0.379 e. The van der Waals surface area contributed by atoms with Gasteiger partial charge in [-0.2, -0.15) is 15.3 Å². The maximum atomic E-state index is 12.8. The molecule has 1 amide bonds. The van der Waals surface area contributed by atoms with Crippen LogP contribution >= 0.6 is 0 Å². The van der Waals surface area contributed by atoms with Crippen molar-refractivity contribution in [2.45, 2.75) is 71.0 Å². The lowest BCUT2D eigenvalue weighted by Crippen LogP contribution is -2.42. The van der Waals surface area contributed by atoms with Crippen molar-refractivity contribution in [2.75, 3.05) is 50.5 Å². The van der Waals surface area contributed by atoms with E-state index in [9.17, 15) is 10.1 Å². The molecule has 3 aliphatic rings. The highest BCUT2D eigenvalue weighted by Crippen LogP contribution is 2.40. The first-order chi connectivity index (χ1) is 18.2. The summed E-state index contributed by atoms with van der Waals surface area (Å²) in [7, 11) is 2.25. The summed E-state index contributed by atoms with van der Waals surface area (Å²) in [5.41, 5.74) is 1.64. The summed E-state index contributed by atoms with van der Waals surface area (Å²) in [6.07, 6.45) is 9.12. The number of carbonyl (C=O) groups excluding carboxylic acids is 1. The van der Waals surface area contributed by atoms with E-state index in [0.717, 1.165) is 30.6 Å². The molecule has 11 heteroatoms. The van der Waals surface area contributed by atoms with Crippen molar-refractivity contribution < 1.29 is 9.53 Å². The second-order valence-corrected chi connectivity index (χ2v) is 11.5. The maximum Gasteiger partial charge on any atom is 0.230 e. The average molecular weight is 522 g/mol. The van der Waals surface area contributed by atoms with Crippen molar-refractivity contribution in [2.24, 2.45) is 5.41 Å². The van der Waals surface area contributed by atoms with E-state index in [4.69, 9.17) is 9.84 Å². The fraction of sp³-hybridized carbons (Fsp3) is 0.667. The predicted molar refractivity (Wildman–Crippen MR) is 144 cm³/mol. The normalized spacial score (nSPS) is 25.2. The Labute approximate surface area is 224 Å². The van der Waals surface area contributed by atoms with E-state index >= 15 is 0 Å². The van der Waals surface area contributed by atoms with Gasteiger partial charge in [-0.15, -0.1) is 0 Å². The number of hydrogen-bond acceptors (Lipinski definition) is 9. The van der Waals surface area contributed by atoms with E-state index in [2.05, 4.69) is 49.5 Å². The lowest BCUT2D eigenvalue weighted by molar-refractivity contribution is -0.139. The van der Waals surface area contributed by atoms with E-state index in [0.29, 0.717) is 68.3 Å². The van der Waals surface area contributed by atoms with Crippen molar-refractivity contribution in [1.29, 1.82) is 5.26 Å². The van der Waals surface area contributed by atoms with Gasteiger partial charge in [-0.05, 0) is 59.9 Å². The molecule has 3 fully saturated rings. The molecule has 3 aliphatic heterocycles. The van der Waals surface area contributed by atoms with Gasteiger partial charge in [0.05, 0.1) is 42.2 Å². The number of amides is 1. The third-order valence-corrected chi connectivity index (χ3v) is 8.25. The SMILES string of the molecule is Cc1nn(C2CC3CCC(C2)N3C)cc1Nc1ncc(C#N)c(NCCCN2CCOCC(C)(C)C2=O)n1. The van der Waals surface area contributed by atoms with Crippen LogP contribution in [0.1, 0.15) is 63.3 Å². The van der Waals surface area contributed by atoms with Crippen LogP contribution in [-0.4, -0.2) is 87.4 Å². The molecule has 11 nitrogen and oxygen atoms in total. The number of ether oxygens (including phenoxy) is 1. The molecule has 0 aromatic carbocycles. The first-order valence-corrected chi connectivity index (χ1v) is 13.7. The number of hydrogen-bond donors (Lipinski definition) is 2. The Morgan fingerprint density at radius 3 is 2.74 bits per heavy atom. The van der Waals surface area contributed by atoms with E-state index in [-0.39, 0.29) is 5.91 Å². The minimum absolute atomic E-state index is 0.116. The standard InChI is InChI=1S/C27H39N9O2/c1-18-23(16-36(33-18)22-12-20-6-7-21(13-22)34(20)4)31-26-30-15-19(14-28)24(32-26)29-8-5-9-35-10-11-38-17-27(2,3)25(35)37/h15-16,20-22H,5-13,17H2,1-4H3,(H2,29,30,31,32). The maximum absolute atomic E-state index is 12.8. The van der Waals surface area contributed by atoms with E-state index < -0.39 is 5.41 Å². The Morgan fingerprint density at radius 1 is 1.24 bits per heavy atom. The number of nitrogens with one attached hydrogen (secondary N) is 2. The van der Waals surface area contributed by atoms with Crippen LogP contribution in [0.15, 0.2) is 12.4 Å². The van der Waals surface area contributed by atoms with Crippen molar-refractivity contribution in [3.05, 3.63) is 23.7 Å². The molecule has 2 atom stereocenters. The van der Waals surface area contributed by atoms with Gasteiger partial charge in [0.15, 0.2) is 0 Å². The van der Waals surface area contributed by atoms with Gasteiger partial charge in [0, 0.05) is 37.9 Å². The van der Waals surface area contributed by atoms with Crippen LogP contribution in [0.5, 0.6) is 0 Å². The van der Waals surface area contributed by atoms with Gasteiger partial charge < -0.3 is 25.2 Å². The smallest absolute Gasteiger partial charge is 0.230 e.